The summed E-state index contributed by atoms with van der Waals surface area (Å²) in [6.07, 6.45) is 2.13. The minimum absolute atomic E-state index is 0.113. The fourth-order valence-electron chi connectivity index (χ4n) is 3.70. The van der Waals surface area contributed by atoms with E-state index in [0.717, 1.165) is 0 Å². The van der Waals surface area contributed by atoms with E-state index < -0.39 is 11.9 Å². The molecule has 32 heavy (non-hydrogen) atoms. The van der Waals surface area contributed by atoms with Crippen LogP contribution >= 0.6 is 11.6 Å². The summed E-state index contributed by atoms with van der Waals surface area (Å²) >= 11 is 6.01. The second kappa shape index (κ2) is 8.96. The molecule has 8 heteroatoms. The first-order chi connectivity index (χ1) is 15.4. The number of halogens is 2. The molecule has 0 aliphatic heterocycles. The summed E-state index contributed by atoms with van der Waals surface area (Å²) < 4.78 is 20.5. The van der Waals surface area contributed by atoms with Gasteiger partial charge in [-0.1, -0.05) is 30.7 Å². The third kappa shape index (κ3) is 3.91. The smallest absolute Gasteiger partial charge is 0.290 e. The van der Waals surface area contributed by atoms with Crippen molar-refractivity contribution in [2.45, 2.75) is 26.3 Å². The number of rotatable bonds is 6. The topological polar surface area (TPSA) is 68.3 Å². The molecule has 4 rings (SSSR count). The lowest BCUT2D eigenvalue weighted by Crippen LogP contribution is -2.37. The largest absolute Gasteiger partial charge is 0.459 e. The van der Waals surface area contributed by atoms with Crippen LogP contribution in [0.1, 0.15) is 42.7 Å². The predicted molar refractivity (Wildman–Crippen MR) is 121 cm³/mol. The van der Waals surface area contributed by atoms with Crippen molar-refractivity contribution >= 4 is 28.4 Å². The van der Waals surface area contributed by atoms with Crippen molar-refractivity contribution in [2.75, 3.05) is 6.54 Å². The number of hydrogen-bond donors (Lipinski definition) is 0. The third-order valence-corrected chi connectivity index (χ3v) is 5.55. The summed E-state index contributed by atoms with van der Waals surface area (Å²) in [5.74, 6) is -0.364. The number of benzene rings is 2. The van der Waals surface area contributed by atoms with Crippen LogP contribution in [0.15, 0.2) is 70.1 Å². The fraction of sp³-hybridized carbons (Fsp3) is 0.208. The average Bonchev–Trinajstić information content (AvgIpc) is 3.33. The summed E-state index contributed by atoms with van der Waals surface area (Å²) in [6, 6.07) is 13.7. The molecular weight excluding hydrogens is 433 g/mol. The Balaban J connectivity index is 1.94. The van der Waals surface area contributed by atoms with Crippen molar-refractivity contribution in [2.24, 2.45) is 0 Å². The molecule has 164 valence electrons. The van der Waals surface area contributed by atoms with Crippen molar-refractivity contribution in [3.05, 3.63) is 93.6 Å². The summed E-state index contributed by atoms with van der Waals surface area (Å²) in [6.45, 7) is 4.18. The summed E-state index contributed by atoms with van der Waals surface area (Å²) in [7, 11) is 0. The van der Waals surface area contributed by atoms with Crippen molar-refractivity contribution in [1.29, 1.82) is 0 Å². The molecule has 4 aromatic rings. The van der Waals surface area contributed by atoms with Gasteiger partial charge in [-0.3, -0.25) is 14.2 Å². The molecule has 2 aromatic heterocycles. The van der Waals surface area contributed by atoms with Crippen LogP contribution in [0.4, 0.5) is 4.39 Å². The van der Waals surface area contributed by atoms with Crippen LogP contribution in [0, 0.1) is 5.82 Å². The van der Waals surface area contributed by atoms with E-state index in [-0.39, 0.29) is 22.2 Å². The van der Waals surface area contributed by atoms with Crippen molar-refractivity contribution in [3.63, 3.8) is 0 Å². The molecule has 1 amide bonds. The van der Waals surface area contributed by atoms with E-state index in [2.05, 4.69) is 0 Å². The molecular formula is C24H21ClFN3O3. The molecule has 0 bridgehead atoms. The lowest BCUT2D eigenvalue weighted by Gasteiger charge is -2.29. The highest BCUT2D eigenvalue weighted by atomic mass is 35.5. The maximum atomic E-state index is 13.8. The molecule has 1 atom stereocenters. The van der Waals surface area contributed by atoms with Gasteiger partial charge in [0.05, 0.1) is 33.9 Å². The summed E-state index contributed by atoms with van der Waals surface area (Å²) in [5.41, 5.74) is 0.538. The number of nitrogens with zero attached hydrogens (tertiary/aromatic N) is 3. The molecule has 1 unspecified atom stereocenters. The van der Waals surface area contributed by atoms with Gasteiger partial charge in [0.2, 0.25) is 0 Å². The van der Waals surface area contributed by atoms with E-state index >= 15 is 0 Å². The van der Waals surface area contributed by atoms with Crippen molar-refractivity contribution in [3.8, 4) is 5.69 Å². The van der Waals surface area contributed by atoms with Gasteiger partial charge in [-0.05, 0) is 55.8 Å². The first kappa shape index (κ1) is 21.8. The molecule has 0 aliphatic rings. The Labute approximate surface area is 188 Å². The molecule has 0 fully saturated rings. The number of carbonyl (C=O) groups is 1. The molecule has 0 radical (unpaired) electrons. The Bertz CT molecular complexity index is 1330. The number of carbonyl (C=O) groups excluding carboxylic acids is 1. The Morgan fingerprint density at radius 3 is 2.69 bits per heavy atom. The van der Waals surface area contributed by atoms with Gasteiger partial charge in [-0.2, -0.15) is 0 Å². The van der Waals surface area contributed by atoms with Crippen LogP contribution in [0.25, 0.3) is 16.6 Å². The average molecular weight is 454 g/mol. The van der Waals surface area contributed by atoms with E-state index in [0.29, 0.717) is 35.4 Å². The van der Waals surface area contributed by atoms with Crippen LogP contribution in [0.2, 0.25) is 5.02 Å². The van der Waals surface area contributed by atoms with Gasteiger partial charge in [-0.15, -0.1) is 0 Å². The predicted octanol–water partition coefficient (Wildman–Crippen LogP) is 5.38. The number of hydrogen-bond acceptors (Lipinski definition) is 4. The lowest BCUT2D eigenvalue weighted by atomic mass is 10.1. The SMILES string of the molecule is CCCN(C(=O)c1ccco1)C(C)c1nc2ccccc2c(=O)n1-c1ccc(F)c(Cl)c1. The standard InChI is InChI=1S/C24H21ClFN3O3/c1-3-12-28(24(31)21-9-6-13-32-21)15(2)22-27-20-8-5-4-7-17(20)23(30)29(22)16-10-11-19(26)18(25)14-16/h4-11,13-15H,3,12H2,1-2H3. The van der Waals surface area contributed by atoms with Gasteiger partial charge in [0.25, 0.3) is 11.5 Å². The molecule has 6 nitrogen and oxygen atoms in total. The quantitative estimate of drug-likeness (QED) is 0.393. The fourth-order valence-corrected chi connectivity index (χ4v) is 3.87. The molecule has 0 spiro atoms. The highest BCUT2D eigenvalue weighted by molar-refractivity contribution is 6.30. The zero-order valence-corrected chi connectivity index (χ0v) is 18.3. The van der Waals surface area contributed by atoms with Gasteiger partial charge in [0.1, 0.15) is 11.6 Å². The first-order valence-corrected chi connectivity index (χ1v) is 10.6. The Morgan fingerprint density at radius 2 is 2.00 bits per heavy atom. The normalized spacial score (nSPS) is 12.1. The minimum atomic E-state index is -0.590. The van der Waals surface area contributed by atoms with Crippen LogP contribution in [-0.4, -0.2) is 26.9 Å². The van der Waals surface area contributed by atoms with E-state index in [1.54, 1.807) is 48.2 Å². The Kier molecular flexibility index (Phi) is 6.10. The van der Waals surface area contributed by atoms with E-state index in [1.165, 1.54) is 29.0 Å². The zero-order chi connectivity index (χ0) is 22.8. The van der Waals surface area contributed by atoms with Gasteiger partial charge >= 0.3 is 0 Å². The minimum Gasteiger partial charge on any atom is -0.459 e. The van der Waals surface area contributed by atoms with Gasteiger partial charge < -0.3 is 9.32 Å². The Morgan fingerprint density at radius 1 is 1.22 bits per heavy atom. The molecule has 2 aromatic carbocycles. The van der Waals surface area contributed by atoms with E-state index in [9.17, 15) is 14.0 Å². The second-order valence-electron chi connectivity index (χ2n) is 7.38. The van der Waals surface area contributed by atoms with Gasteiger partial charge in [0, 0.05) is 6.54 Å². The molecule has 2 heterocycles. The number of para-hydroxylation sites is 1. The van der Waals surface area contributed by atoms with E-state index in [1.807, 2.05) is 6.92 Å². The lowest BCUT2D eigenvalue weighted by molar-refractivity contribution is 0.0648. The Hall–Kier alpha value is -3.45. The van der Waals surface area contributed by atoms with Crippen molar-refractivity contribution in [1.82, 2.24) is 14.5 Å². The highest BCUT2D eigenvalue weighted by Crippen LogP contribution is 2.26. The molecule has 0 N–H and O–H groups in total. The number of fused-ring (bicyclic) bond motifs is 1. The number of furan rings is 1. The molecule has 0 saturated heterocycles. The van der Waals surface area contributed by atoms with Gasteiger partial charge in [-0.25, -0.2) is 9.37 Å². The third-order valence-electron chi connectivity index (χ3n) is 5.26. The maximum Gasteiger partial charge on any atom is 0.290 e. The number of aromatic nitrogens is 2. The van der Waals surface area contributed by atoms with Crippen LogP contribution in [0.3, 0.4) is 0 Å². The second-order valence-corrected chi connectivity index (χ2v) is 7.79. The monoisotopic (exact) mass is 453 g/mol. The van der Waals surface area contributed by atoms with Crippen molar-refractivity contribution < 1.29 is 13.6 Å². The van der Waals surface area contributed by atoms with Gasteiger partial charge in [0.15, 0.2) is 5.76 Å². The number of amides is 1. The summed E-state index contributed by atoms with van der Waals surface area (Å²) in [4.78, 5) is 33.0. The van der Waals surface area contributed by atoms with Crippen LogP contribution in [-0.2, 0) is 0 Å². The zero-order valence-electron chi connectivity index (χ0n) is 17.6. The summed E-state index contributed by atoms with van der Waals surface area (Å²) in [5, 5.41) is 0.293. The van der Waals surface area contributed by atoms with E-state index in [4.69, 9.17) is 21.0 Å². The van der Waals surface area contributed by atoms with Crippen LogP contribution < -0.4 is 5.56 Å². The highest BCUT2D eigenvalue weighted by Gasteiger charge is 2.28. The van der Waals surface area contributed by atoms with Crippen LogP contribution in [0.5, 0.6) is 0 Å². The molecule has 0 saturated carbocycles. The first-order valence-electron chi connectivity index (χ1n) is 10.2. The molecule has 0 aliphatic carbocycles. The maximum absolute atomic E-state index is 13.8.